The molecule has 508 valence electrons. The quantitative estimate of drug-likeness (QED) is 0.0747. The molecule has 0 radical (unpaired) electrons. The van der Waals surface area contributed by atoms with Gasteiger partial charge in [-0.05, 0) is 51.0 Å². The van der Waals surface area contributed by atoms with Gasteiger partial charge >= 0.3 is 0 Å². The molecule has 0 spiro atoms. The van der Waals surface area contributed by atoms with Crippen molar-refractivity contribution in [3.63, 3.8) is 0 Å². The largest absolute Gasteiger partial charge is 0.381 e. The summed E-state index contributed by atoms with van der Waals surface area (Å²) in [6.07, 6.45) is 9.38. The Hall–Kier alpha value is -8.39. The van der Waals surface area contributed by atoms with E-state index in [4.69, 9.17) is 54.8 Å². The second kappa shape index (κ2) is 32.5. The highest BCUT2D eigenvalue weighted by Crippen LogP contribution is 2.39. The minimum atomic E-state index is -3.02. The lowest BCUT2D eigenvalue weighted by atomic mass is 10.1. The Bertz CT molecular complexity index is 4470. The number of halogens is 5. The van der Waals surface area contributed by atoms with Crippen LogP contribution in [-0.2, 0) is 30.3 Å². The molecule has 0 aliphatic carbocycles. The van der Waals surface area contributed by atoms with Crippen molar-refractivity contribution in [1.29, 1.82) is 0 Å². The number of hydrogen-bond acceptors (Lipinski definition) is 17. The van der Waals surface area contributed by atoms with Crippen LogP contribution in [0.4, 0.5) is 8.78 Å². The van der Waals surface area contributed by atoms with Gasteiger partial charge in [-0.25, -0.2) is 14.0 Å². The van der Waals surface area contributed by atoms with Crippen molar-refractivity contribution in [1.82, 2.24) is 94.3 Å². The van der Waals surface area contributed by atoms with E-state index in [0.29, 0.717) is 73.2 Å². The molecule has 0 N–H and O–H groups in total. The van der Waals surface area contributed by atoms with Crippen LogP contribution in [0.2, 0.25) is 15.1 Å². The monoisotopic (exact) mass is 1380 g/mol. The van der Waals surface area contributed by atoms with Crippen LogP contribution in [0, 0.1) is 0 Å². The molecule has 25 heteroatoms. The number of nitrogens with zero attached hydrogens (tertiary/aromatic N) is 19. The summed E-state index contributed by atoms with van der Waals surface area (Å²) in [6.45, 7) is 18.8. The molecule has 3 aliphatic rings. The summed E-state index contributed by atoms with van der Waals surface area (Å²) in [6, 6.07) is 42.5. The van der Waals surface area contributed by atoms with E-state index >= 15 is 0 Å². The summed E-state index contributed by atoms with van der Waals surface area (Å²) in [5.41, 5.74) is 10.2. The molecule has 7 aromatic heterocycles. The van der Waals surface area contributed by atoms with Gasteiger partial charge in [-0.3, -0.25) is 19.7 Å². The molecule has 4 aromatic carbocycles. The first-order valence-corrected chi connectivity index (χ1v) is 34.2. The average molecular weight is 1380 g/mol. The molecule has 0 atom stereocenters. The topological polar surface area (TPSA) is 172 Å². The maximum absolute atomic E-state index is 13.7. The number of fused-ring (bicyclic) bond motifs is 3. The zero-order valence-corrected chi connectivity index (χ0v) is 58.1. The molecule has 0 amide bonds. The van der Waals surface area contributed by atoms with Crippen LogP contribution < -0.4 is 0 Å². The molecule has 3 fully saturated rings. The molecule has 0 bridgehead atoms. The molecule has 0 saturated carbocycles. The van der Waals surface area contributed by atoms with E-state index in [2.05, 4.69) is 104 Å². The third-order valence-electron chi connectivity index (χ3n) is 17.9. The van der Waals surface area contributed by atoms with Crippen molar-refractivity contribution < 1.29 is 13.5 Å². The molecule has 20 nitrogen and oxygen atoms in total. The Kier molecular flexibility index (Phi) is 23.1. The highest BCUT2D eigenvalue weighted by atomic mass is 35.5. The predicted octanol–water partition coefficient (Wildman–Crippen LogP) is 12.2. The predicted molar refractivity (Wildman–Crippen MR) is 388 cm³/mol. The van der Waals surface area contributed by atoms with Gasteiger partial charge in [0.1, 0.15) is 28.5 Å². The van der Waals surface area contributed by atoms with E-state index in [1.165, 1.54) is 12.3 Å². The van der Waals surface area contributed by atoms with Crippen molar-refractivity contribution in [2.45, 2.75) is 32.5 Å². The van der Waals surface area contributed by atoms with Gasteiger partial charge in [0.25, 0.3) is 5.92 Å². The summed E-state index contributed by atoms with van der Waals surface area (Å²) >= 11 is 20.7. The summed E-state index contributed by atoms with van der Waals surface area (Å²) in [4.78, 5) is 18.3. The zero-order valence-electron chi connectivity index (χ0n) is 55.8. The lowest BCUT2D eigenvalue weighted by Gasteiger charge is -2.32. The molecule has 0 unspecified atom stereocenters. The van der Waals surface area contributed by atoms with Crippen molar-refractivity contribution in [2.24, 2.45) is 0 Å². The Morgan fingerprint density at radius 1 is 0.418 bits per heavy atom. The number of rotatable bonds is 19. The van der Waals surface area contributed by atoms with Crippen molar-refractivity contribution >= 4 is 86.1 Å². The number of ether oxygens (including phenoxy) is 1. The van der Waals surface area contributed by atoms with Crippen molar-refractivity contribution in [2.75, 3.05) is 133 Å². The number of alkyl halides is 2. The van der Waals surface area contributed by atoms with Gasteiger partial charge in [0.15, 0.2) is 16.9 Å². The number of aromatic nitrogens is 13. The van der Waals surface area contributed by atoms with E-state index in [1.807, 2.05) is 137 Å². The summed E-state index contributed by atoms with van der Waals surface area (Å²) in [7, 11) is 8.13. The lowest BCUT2D eigenvalue weighted by molar-refractivity contribution is 0.0128. The van der Waals surface area contributed by atoms with E-state index in [9.17, 15) is 8.78 Å². The van der Waals surface area contributed by atoms with Crippen molar-refractivity contribution in [3.05, 3.63) is 183 Å². The van der Waals surface area contributed by atoms with Crippen molar-refractivity contribution in [3.8, 4) is 45.0 Å². The first kappa shape index (κ1) is 69.5. The minimum Gasteiger partial charge on any atom is -0.381 e. The van der Waals surface area contributed by atoms with Crippen LogP contribution in [0.15, 0.2) is 146 Å². The third kappa shape index (κ3) is 16.8. The number of hydrogen-bond donors (Lipinski definition) is 0. The van der Waals surface area contributed by atoms with E-state index in [-0.39, 0.29) is 5.69 Å². The molecule has 10 heterocycles. The normalized spacial score (nSPS) is 15.8. The summed E-state index contributed by atoms with van der Waals surface area (Å²) in [5, 5.41) is 45.4. The van der Waals surface area contributed by atoms with Gasteiger partial charge in [-0.2, -0.15) is 24.1 Å². The Morgan fingerprint density at radius 2 is 0.796 bits per heavy atom. The van der Waals surface area contributed by atoms with Crippen LogP contribution in [0.25, 0.3) is 96.4 Å². The van der Waals surface area contributed by atoms with Crippen LogP contribution in [0.5, 0.6) is 0 Å². The second-order valence-corrected chi connectivity index (χ2v) is 26.1. The van der Waals surface area contributed by atoms with Crippen LogP contribution in [0.3, 0.4) is 0 Å². The highest BCUT2D eigenvalue weighted by molar-refractivity contribution is 6.39. The van der Waals surface area contributed by atoms with Gasteiger partial charge in [0, 0.05) is 141 Å². The highest BCUT2D eigenvalue weighted by Gasteiger charge is 2.29. The summed E-state index contributed by atoms with van der Waals surface area (Å²) in [5.74, 6) is -3.02. The zero-order chi connectivity index (χ0) is 68.1. The molecule has 3 aliphatic heterocycles. The van der Waals surface area contributed by atoms with Gasteiger partial charge in [0.2, 0.25) is 0 Å². The SMILES string of the molecule is CN1CCN(CCn2nc(-c3ccc(C(C)(F)F)nc3)c3c(Cl)c(-c4ccccc4)nnc32)CC1.CN1CCN(CCn2nc(/C=C/c3ccccc3)c3c(Cl)c(-c4ccccc4)nnc32)CC1.COC/C=C/c1nn(CCN2CCN(C)CC2)c2nnc(-c3ccccc3)c(Cl)c12. The number of likely N-dealkylation sites (N-methyl/N-ethyl adjacent to an activating group) is 3. The fourth-order valence-corrected chi connectivity index (χ4v) is 13.0. The number of methoxy groups -OCH3 is 1. The smallest absolute Gasteiger partial charge is 0.286 e. The molecule has 98 heavy (non-hydrogen) atoms. The number of pyridine rings is 1. The molecular formula is C73H80Cl3F2N19O. The van der Waals surface area contributed by atoms with E-state index in [0.717, 1.165) is 168 Å². The maximum Gasteiger partial charge on any atom is 0.286 e. The number of benzene rings is 4. The second-order valence-electron chi connectivity index (χ2n) is 24.9. The fourth-order valence-electron chi connectivity index (χ4n) is 12.1. The lowest BCUT2D eigenvalue weighted by Crippen LogP contribution is -2.45. The number of piperazine rings is 3. The van der Waals surface area contributed by atoms with Gasteiger partial charge < -0.3 is 19.4 Å². The van der Waals surface area contributed by atoms with Crippen LogP contribution in [0.1, 0.15) is 29.6 Å². The van der Waals surface area contributed by atoms with Gasteiger partial charge in [-0.15, -0.1) is 30.6 Å². The standard InChI is InChI=1S/C26H27ClN6.C25H26ClF2N7.C22H27ClN6O/c1-31-14-16-32(17-15-31)18-19-33-26-23(22(30-33)13-12-20-8-4-2-5-9-20)24(27)25(28-29-26)21-10-6-3-7-11-21;1-25(27,28)19-9-8-18(16-29-19)22-20-21(26)23(17-6-4-3-5-7-17)30-31-24(20)35(32-22)15-14-34-12-10-33(2)11-13-34;1-27-10-12-28(13-11-27)14-15-29-22-19(18(26-29)9-6-16-30-2)20(23)21(24-25-22)17-7-4-3-5-8-17/h2-13H,14-19H2,1H3;3-9,16H,10-15H2,1-2H3;3-9H,10-16H2,1-2H3/b13-12+;;9-6+. The molecular weight excluding hydrogens is 1300 g/mol. The van der Waals surface area contributed by atoms with Crippen LogP contribution in [-0.4, -0.2) is 227 Å². The Labute approximate surface area is 584 Å². The summed E-state index contributed by atoms with van der Waals surface area (Å²) < 4.78 is 38.3. The van der Waals surface area contributed by atoms with Gasteiger partial charge in [0.05, 0.1) is 68.9 Å². The van der Waals surface area contributed by atoms with E-state index in [1.54, 1.807) is 17.9 Å². The molecule has 3 saturated heterocycles. The molecule has 14 rings (SSSR count). The third-order valence-corrected chi connectivity index (χ3v) is 19.0. The van der Waals surface area contributed by atoms with Crippen LogP contribution >= 0.6 is 34.8 Å². The fraction of sp³-hybridized carbons (Fsp3) is 0.342. The average Bonchev–Trinajstić information content (AvgIpc) is 1.60. The maximum atomic E-state index is 13.7. The van der Waals surface area contributed by atoms with Gasteiger partial charge in [-0.1, -0.05) is 168 Å². The van der Waals surface area contributed by atoms with E-state index < -0.39 is 5.92 Å². The Morgan fingerprint density at radius 3 is 1.18 bits per heavy atom. The Balaban J connectivity index is 0.000000140. The first-order chi connectivity index (χ1) is 47.7. The molecule has 11 aromatic rings. The first-order valence-electron chi connectivity index (χ1n) is 33.1. The minimum absolute atomic E-state index is 0.295.